The van der Waals surface area contributed by atoms with Crippen molar-refractivity contribution < 1.29 is 14.3 Å². The van der Waals surface area contributed by atoms with Crippen LogP contribution in [0, 0.1) is 0 Å². The molecule has 0 saturated heterocycles. The smallest absolute Gasteiger partial charge is 0.331 e. The van der Waals surface area contributed by atoms with Crippen molar-refractivity contribution >= 4 is 27.8 Å². The van der Waals surface area contributed by atoms with E-state index < -0.39 is 11.5 Å². The highest BCUT2D eigenvalue weighted by Crippen LogP contribution is 2.16. The van der Waals surface area contributed by atoms with Crippen LogP contribution in [0.4, 0.5) is 0 Å². The summed E-state index contributed by atoms with van der Waals surface area (Å²) in [6.45, 7) is 5.20. The number of methoxy groups -OCH3 is 1. The molecule has 1 aromatic rings. The monoisotopic (exact) mass is 325 g/mol. The molecule has 4 nitrogen and oxygen atoms in total. The number of carbonyl (C=O) groups excluding carboxylic acids is 2. The van der Waals surface area contributed by atoms with Crippen molar-refractivity contribution in [2.75, 3.05) is 7.11 Å². The van der Waals surface area contributed by atoms with Gasteiger partial charge in [0.25, 0.3) is 5.91 Å². The molecule has 0 fully saturated rings. The topological polar surface area (TPSA) is 55.4 Å². The number of benzene rings is 1. The Morgan fingerprint density at radius 3 is 2.74 bits per heavy atom. The molecule has 0 aliphatic rings. The molecule has 0 aliphatic carbocycles. The zero-order valence-corrected chi connectivity index (χ0v) is 12.5. The number of amides is 1. The van der Waals surface area contributed by atoms with Crippen LogP contribution in [0.3, 0.4) is 0 Å². The van der Waals surface area contributed by atoms with E-state index in [-0.39, 0.29) is 5.91 Å². The van der Waals surface area contributed by atoms with E-state index in [4.69, 9.17) is 4.74 Å². The Balaban J connectivity index is 2.94. The van der Waals surface area contributed by atoms with Crippen molar-refractivity contribution in [1.82, 2.24) is 5.32 Å². The zero-order chi connectivity index (χ0) is 14.5. The number of carbonyl (C=O) groups is 2. The van der Waals surface area contributed by atoms with E-state index in [2.05, 4.69) is 27.8 Å². The maximum Gasteiger partial charge on any atom is 0.331 e. The minimum atomic E-state index is -1.12. The molecule has 0 unspecified atom stereocenters. The molecule has 1 amide bonds. The number of ether oxygens (including phenoxy) is 1. The van der Waals surface area contributed by atoms with Gasteiger partial charge in [-0.3, -0.25) is 4.79 Å². The minimum Gasteiger partial charge on any atom is -0.467 e. The van der Waals surface area contributed by atoms with Gasteiger partial charge >= 0.3 is 5.97 Å². The first-order valence-corrected chi connectivity index (χ1v) is 6.49. The van der Waals surface area contributed by atoms with Crippen molar-refractivity contribution in [1.29, 1.82) is 0 Å². The molecule has 0 aliphatic heterocycles. The van der Waals surface area contributed by atoms with E-state index in [9.17, 15) is 9.59 Å². The largest absolute Gasteiger partial charge is 0.467 e. The molecule has 5 heteroatoms. The minimum absolute atomic E-state index is 0.291. The summed E-state index contributed by atoms with van der Waals surface area (Å²) >= 11 is 3.30. The molecular formula is C14H16BrNO3. The second-order valence-electron chi connectivity index (χ2n) is 4.28. The van der Waals surface area contributed by atoms with E-state index in [1.807, 2.05) is 6.07 Å². The van der Waals surface area contributed by atoms with Gasteiger partial charge in [-0.25, -0.2) is 4.79 Å². The third-order valence-electron chi connectivity index (χ3n) is 2.66. The molecule has 1 atom stereocenters. The van der Waals surface area contributed by atoms with Crippen molar-refractivity contribution in [2.24, 2.45) is 0 Å². The van der Waals surface area contributed by atoms with Gasteiger partial charge in [-0.1, -0.05) is 28.1 Å². The molecule has 19 heavy (non-hydrogen) atoms. The quantitative estimate of drug-likeness (QED) is 0.669. The van der Waals surface area contributed by atoms with Gasteiger partial charge < -0.3 is 10.1 Å². The number of nitrogens with one attached hydrogen (secondary N) is 1. The number of hydrogen-bond donors (Lipinski definition) is 1. The highest BCUT2D eigenvalue weighted by molar-refractivity contribution is 9.10. The number of halogens is 1. The van der Waals surface area contributed by atoms with Crippen molar-refractivity contribution in [2.45, 2.75) is 18.9 Å². The summed E-state index contributed by atoms with van der Waals surface area (Å²) in [5.74, 6) is -0.841. The lowest BCUT2D eigenvalue weighted by molar-refractivity contribution is -0.147. The second kappa shape index (κ2) is 6.52. The summed E-state index contributed by atoms with van der Waals surface area (Å²) < 4.78 is 5.51. The van der Waals surface area contributed by atoms with Crippen LogP contribution in [0.5, 0.6) is 0 Å². The summed E-state index contributed by atoms with van der Waals surface area (Å²) in [6.07, 6.45) is 1.86. The van der Waals surface area contributed by atoms with Gasteiger partial charge in [0.1, 0.15) is 5.54 Å². The van der Waals surface area contributed by atoms with Crippen LogP contribution in [0.15, 0.2) is 41.4 Å². The Labute approximate surface area is 121 Å². The van der Waals surface area contributed by atoms with Gasteiger partial charge in [0.05, 0.1) is 7.11 Å². The number of hydrogen-bond acceptors (Lipinski definition) is 3. The second-order valence-corrected chi connectivity index (χ2v) is 5.20. The van der Waals surface area contributed by atoms with Gasteiger partial charge in [0, 0.05) is 10.0 Å². The lowest BCUT2D eigenvalue weighted by Crippen LogP contribution is -2.52. The zero-order valence-electron chi connectivity index (χ0n) is 10.9. The fourth-order valence-electron chi connectivity index (χ4n) is 1.65. The van der Waals surface area contributed by atoms with Crippen LogP contribution in [-0.2, 0) is 9.53 Å². The molecule has 1 rings (SSSR count). The predicted octanol–water partition coefficient (Wildman–Crippen LogP) is 2.69. The fraction of sp³-hybridized carbons (Fsp3) is 0.286. The summed E-state index contributed by atoms with van der Waals surface area (Å²) in [6, 6.07) is 6.93. The third-order valence-corrected chi connectivity index (χ3v) is 3.16. The van der Waals surface area contributed by atoms with E-state index in [1.165, 1.54) is 7.11 Å². The van der Waals surface area contributed by atoms with Crippen LogP contribution in [0.1, 0.15) is 23.7 Å². The SMILES string of the molecule is C=CC[C@@](C)(NC(=O)c1cccc(Br)c1)C(=O)OC. The number of esters is 1. The fourth-order valence-corrected chi connectivity index (χ4v) is 2.05. The lowest BCUT2D eigenvalue weighted by Gasteiger charge is -2.26. The third kappa shape index (κ3) is 3.92. The molecular weight excluding hydrogens is 310 g/mol. The molecule has 0 heterocycles. The summed E-state index contributed by atoms with van der Waals surface area (Å²) in [7, 11) is 1.29. The van der Waals surface area contributed by atoms with Gasteiger partial charge in [0.15, 0.2) is 0 Å². The van der Waals surface area contributed by atoms with Crippen molar-refractivity contribution in [3.05, 3.63) is 47.0 Å². The first-order chi connectivity index (χ1) is 8.92. The van der Waals surface area contributed by atoms with Crippen LogP contribution in [0.25, 0.3) is 0 Å². The molecule has 1 N–H and O–H groups in total. The average molecular weight is 326 g/mol. The maximum absolute atomic E-state index is 12.1. The molecule has 1 aromatic carbocycles. The summed E-state index contributed by atoms with van der Waals surface area (Å²) in [4.78, 5) is 23.9. The molecule has 0 saturated carbocycles. The van der Waals surface area contributed by atoms with E-state index in [0.717, 1.165) is 4.47 Å². The average Bonchev–Trinajstić information content (AvgIpc) is 2.37. The van der Waals surface area contributed by atoms with Crippen LogP contribution >= 0.6 is 15.9 Å². The van der Waals surface area contributed by atoms with Crippen LogP contribution in [0.2, 0.25) is 0 Å². The maximum atomic E-state index is 12.1. The van der Waals surface area contributed by atoms with Gasteiger partial charge in [-0.2, -0.15) is 0 Å². The first kappa shape index (κ1) is 15.4. The van der Waals surface area contributed by atoms with E-state index >= 15 is 0 Å². The Hall–Kier alpha value is -1.62. The molecule has 0 bridgehead atoms. The van der Waals surface area contributed by atoms with Gasteiger partial charge in [-0.05, 0) is 31.5 Å². The lowest BCUT2D eigenvalue weighted by atomic mass is 9.97. The standard InChI is InChI=1S/C14H16BrNO3/c1-4-8-14(2,13(18)19-3)16-12(17)10-6-5-7-11(15)9-10/h4-7,9H,1,8H2,2-3H3,(H,16,17)/t14-/m1/s1. The van der Waals surface area contributed by atoms with E-state index in [1.54, 1.807) is 31.2 Å². The van der Waals surface area contributed by atoms with E-state index in [0.29, 0.717) is 12.0 Å². The Bertz CT molecular complexity index is 501. The van der Waals surface area contributed by atoms with Crippen molar-refractivity contribution in [3.8, 4) is 0 Å². The Morgan fingerprint density at radius 2 is 2.21 bits per heavy atom. The van der Waals surface area contributed by atoms with Gasteiger partial charge in [-0.15, -0.1) is 6.58 Å². The Morgan fingerprint density at radius 1 is 1.53 bits per heavy atom. The van der Waals surface area contributed by atoms with Crippen LogP contribution in [-0.4, -0.2) is 24.5 Å². The predicted molar refractivity (Wildman–Crippen MR) is 76.8 cm³/mol. The highest BCUT2D eigenvalue weighted by Gasteiger charge is 2.35. The number of rotatable bonds is 5. The summed E-state index contributed by atoms with van der Waals surface area (Å²) in [5, 5.41) is 2.68. The molecule has 0 aromatic heterocycles. The van der Waals surface area contributed by atoms with Crippen molar-refractivity contribution in [3.63, 3.8) is 0 Å². The van der Waals surface area contributed by atoms with Crippen LogP contribution < -0.4 is 5.32 Å². The van der Waals surface area contributed by atoms with Gasteiger partial charge in [0.2, 0.25) is 0 Å². The highest BCUT2D eigenvalue weighted by atomic mass is 79.9. The molecule has 0 spiro atoms. The Kier molecular flexibility index (Phi) is 5.30. The molecule has 0 radical (unpaired) electrons. The summed E-state index contributed by atoms with van der Waals surface area (Å²) in [5.41, 5.74) is -0.649. The normalized spacial score (nSPS) is 13.2. The molecule has 102 valence electrons. The first-order valence-electron chi connectivity index (χ1n) is 5.70.